The Kier molecular flexibility index (Phi) is 3.19. The van der Waals surface area contributed by atoms with Gasteiger partial charge in [-0.15, -0.1) is 12.6 Å². The lowest BCUT2D eigenvalue weighted by atomic mass is 10.3. The maximum absolute atomic E-state index is 10.4. The van der Waals surface area contributed by atoms with E-state index in [-0.39, 0.29) is 0 Å². The van der Waals surface area contributed by atoms with Crippen LogP contribution in [-0.4, -0.2) is 17.2 Å². The van der Waals surface area contributed by atoms with Crippen LogP contribution in [0, 0.1) is 0 Å². The average Bonchev–Trinajstić information content (AvgIpc) is 2.08. The van der Waals surface area contributed by atoms with Crippen LogP contribution in [0.3, 0.4) is 0 Å². The van der Waals surface area contributed by atoms with Gasteiger partial charge >= 0.3 is 5.97 Å². The number of aliphatic carboxylic acids is 1. The van der Waals surface area contributed by atoms with Crippen molar-refractivity contribution in [1.82, 2.24) is 0 Å². The summed E-state index contributed by atoms with van der Waals surface area (Å²) in [5.74, 6) is -0.442. The van der Waals surface area contributed by atoms with Crippen LogP contribution in [0.15, 0.2) is 29.2 Å². The zero-order valence-electron chi connectivity index (χ0n) is 7.10. The topological polar surface area (TPSA) is 46.5 Å². The Morgan fingerprint density at radius 3 is 2.46 bits per heavy atom. The molecule has 1 N–H and O–H groups in total. The van der Waals surface area contributed by atoms with Crippen LogP contribution < -0.4 is 4.74 Å². The average molecular weight is 198 g/mol. The van der Waals surface area contributed by atoms with Crippen molar-refractivity contribution in [2.75, 3.05) is 0 Å². The number of hydrogen-bond donors (Lipinski definition) is 2. The van der Waals surface area contributed by atoms with Gasteiger partial charge in [-0.05, 0) is 31.2 Å². The van der Waals surface area contributed by atoms with Gasteiger partial charge in [-0.3, -0.25) is 0 Å². The van der Waals surface area contributed by atoms with E-state index < -0.39 is 12.1 Å². The fourth-order valence-electron chi connectivity index (χ4n) is 0.779. The summed E-state index contributed by atoms with van der Waals surface area (Å²) < 4.78 is 5.10. The van der Waals surface area contributed by atoms with Crippen LogP contribution >= 0.6 is 12.6 Å². The van der Waals surface area contributed by atoms with Crippen LogP contribution in [0.1, 0.15) is 6.92 Å². The monoisotopic (exact) mass is 198 g/mol. The molecule has 0 aliphatic rings. The Hall–Kier alpha value is -1.16. The van der Waals surface area contributed by atoms with Gasteiger partial charge in [-0.2, -0.15) is 0 Å². The molecule has 1 aromatic rings. The van der Waals surface area contributed by atoms with Gasteiger partial charge in [0.05, 0.1) is 0 Å². The molecule has 0 fully saturated rings. The molecule has 0 saturated carbocycles. The van der Waals surface area contributed by atoms with Crippen molar-refractivity contribution in [3.63, 3.8) is 0 Å². The Morgan fingerprint density at radius 2 is 2.00 bits per heavy atom. The quantitative estimate of drug-likeness (QED) is 0.728. The normalized spacial score (nSPS) is 12.2. The van der Waals surface area contributed by atoms with Crippen molar-refractivity contribution in [2.24, 2.45) is 0 Å². The van der Waals surface area contributed by atoms with Crippen molar-refractivity contribution >= 4 is 18.6 Å². The van der Waals surface area contributed by atoms with Crippen LogP contribution in [-0.2, 0) is 4.79 Å². The first kappa shape index (κ1) is 9.92. The predicted molar refractivity (Wildman–Crippen MR) is 51.4 cm³/mol. The number of carboxylic acid groups (broad SMARTS) is 1. The fraction of sp³-hybridized carbons (Fsp3) is 0.222. The van der Waals surface area contributed by atoms with Crippen molar-refractivity contribution in [3.05, 3.63) is 24.3 Å². The van der Waals surface area contributed by atoms with Gasteiger partial charge in [0.15, 0.2) is 6.10 Å². The van der Waals surface area contributed by atoms with Gasteiger partial charge < -0.3 is 9.84 Å². The molecular formula is C9H10O3S. The summed E-state index contributed by atoms with van der Waals surface area (Å²) in [6.45, 7) is 1.48. The van der Waals surface area contributed by atoms with E-state index in [1.165, 1.54) is 6.92 Å². The highest BCUT2D eigenvalue weighted by Gasteiger charge is 2.11. The van der Waals surface area contributed by atoms with E-state index in [0.717, 1.165) is 4.90 Å². The molecule has 1 atom stereocenters. The Labute approximate surface area is 81.8 Å². The second-order valence-corrected chi connectivity index (χ2v) is 3.11. The molecular weight excluding hydrogens is 188 g/mol. The Morgan fingerprint density at radius 1 is 1.46 bits per heavy atom. The van der Waals surface area contributed by atoms with Crippen LogP contribution in [0.2, 0.25) is 0 Å². The molecule has 13 heavy (non-hydrogen) atoms. The van der Waals surface area contributed by atoms with Crippen molar-refractivity contribution < 1.29 is 14.6 Å². The number of carboxylic acids is 1. The lowest BCUT2D eigenvalue weighted by Crippen LogP contribution is -2.22. The van der Waals surface area contributed by atoms with Gasteiger partial charge in [0.2, 0.25) is 0 Å². The standard InChI is InChI=1S/C9H10O3S/c1-6(9(10)11)12-7-2-4-8(13)5-3-7/h2-6,13H,1H3,(H,10,11). The minimum Gasteiger partial charge on any atom is -0.479 e. The van der Waals surface area contributed by atoms with E-state index in [2.05, 4.69) is 12.6 Å². The highest BCUT2D eigenvalue weighted by atomic mass is 32.1. The molecule has 1 unspecified atom stereocenters. The summed E-state index contributed by atoms with van der Waals surface area (Å²) in [7, 11) is 0. The molecule has 0 saturated heterocycles. The summed E-state index contributed by atoms with van der Waals surface area (Å²) in [5, 5.41) is 8.56. The summed E-state index contributed by atoms with van der Waals surface area (Å²) in [6, 6.07) is 6.85. The van der Waals surface area contributed by atoms with Crippen molar-refractivity contribution in [2.45, 2.75) is 17.9 Å². The van der Waals surface area contributed by atoms with E-state index in [4.69, 9.17) is 9.84 Å². The summed E-state index contributed by atoms with van der Waals surface area (Å²) >= 11 is 4.09. The van der Waals surface area contributed by atoms with Crippen LogP contribution in [0.4, 0.5) is 0 Å². The number of rotatable bonds is 3. The minimum absolute atomic E-state index is 0.535. The molecule has 0 aliphatic carbocycles. The molecule has 0 spiro atoms. The van der Waals surface area contributed by atoms with Gasteiger partial charge in [-0.25, -0.2) is 4.79 Å². The Bertz CT molecular complexity index is 294. The second-order valence-electron chi connectivity index (χ2n) is 2.59. The smallest absolute Gasteiger partial charge is 0.344 e. The largest absolute Gasteiger partial charge is 0.479 e. The molecule has 0 amide bonds. The van der Waals surface area contributed by atoms with Crippen LogP contribution in [0.5, 0.6) is 5.75 Å². The molecule has 1 aromatic carbocycles. The SMILES string of the molecule is CC(Oc1ccc(S)cc1)C(=O)O. The number of carbonyl (C=O) groups is 1. The van der Waals surface area contributed by atoms with E-state index in [1.807, 2.05) is 0 Å². The van der Waals surface area contributed by atoms with Crippen LogP contribution in [0.25, 0.3) is 0 Å². The first-order valence-electron chi connectivity index (χ1n) is 3.78. The molecule has 1 rings (SSSR count). The molecule has 3 nitrogen and oxygen atoms in total. The molecule has 4 heteroatoms. The maximum Gasteiger partial charge on any atom is 0.344 e. The fourth-order valence-corrected chi connectivity index (χ4v) is 0.928. The number of thiol groups is 1. The third-order valence-corrected chi connectivity index (χ3v) is 1.80. The van der Waals surface area contributed by atoms with Gasteiger partial charge in [0.1, 0.15) is 5.75 Å². The van der Waals surface area contributed by atoms with E-state index in [1.54, 1.807) is 24.3 Å². The first-order valence-corrected chi connectivity index (χ1v) is 4.23. The zero-order valence-corrected chi connectivity index (χ0v) is 7.99. The third-order valence-electron chi connectivity index (χ3n) is 1.50. The van der Waals surface area contributed by atoms with Crippen molar-refractivity contribution in [3.8, 4) is 5.75 Å². The van der Waals surface area contributed by atoms with Gasteiger partial charge in [0.25, 0.3) is 0 Å². The zero-order chi connectivity index (χ0) is 9.84. The van der Waals surface area contributed by atoms with Gasteiger partial charge in [0, 0.05) is 4.90 Å². The van der Waals surface area contributed by atoms with Gasteiger partial charge in [-0.1, -0.05) is 0 Å². The summed E-state index contributed by atoms with van der Waals surface area (Å²) in [6.07, 6.45) is -0.828. The number of hydrogen-bond acceptors (Lipinski definition) is 3. The predicted octanol–water partition coefficient (Wildman–Crippen LogP) is 1.83. The third kappa shape index (κ3) is 2.99. The minimum atomic E-state index is -0.977. The number of benzene rings is 1. The molecule has 0 radical (unpaired) electrons. The molecule has 0 heterocycles. The first-order chi connectivity index (χ1) is 6.09. The second kappa shape index (κ2) is 4.18. The number of ether oxygens (including phenoxy) is 1. The molecule has 0 aromatic heterocycles. The van der Waals surface area contributed by atoms with E-state index in [9.17, 15) is 4.79 Å². The summed E-state index contributed by atoms with van der Waals surface area (Å²) in [5.41, 5.74) is 0. The van der Waals surface area contributed by atoms with Crippen molar-refractivity contribution in [1.29, 1.82) is 0 Å². The summed E-state index contributed by atoms with van der Waals surface area (Å²) in [4.78, 5) is 11.2. The maximum atomic E-state index is 10.4. The Balaban J connectivity index is 2.64. The lowest BCUT2D eigenvalue weighted by molar-refractivity contribution is -0.144. The lowest BCUT2D eigenvalue weighted by Gasteiger charge is -2.09. The van der Waals surface area contributed by atoms with E-state index >= 15 is 0 Å². The van der Waals surface area contributed by atoms with E-state index in [0.29, 0.717) is 5.75 Å². The molecule has 0 aliphatic heterocycles. The highest BCUT2D eigenvalue weighted by molar-refractivity contribution is 7.80. The molecule has 0 bridgehead atoms. The highest BCUT2D eigenvalue weighted by Crippen LogP contribution is 2.15. The molecule has 70 valence electrons.